The summed E-state index contributed by atoms with van der Waals surface area (Å²) >= 11 is 0. The molecular formula is C15H21O3P. The molecule has 2 aliphatic rings. The van der Waals surface area contributed by atoms with Crippen LogP contribution >= 0.6 is 7.92 Å². The normalized spacial score (nSPS) is 46.0. The SMILES string of the molecule is CC1OC2(C)CC(C)(O1)P(c1ccccc1)C(C)O2. The van der Waals surface area contributed by atoms with Gasteiger partial charge in [-0.05, 0) is 40.9 Å². The van der Waals surface area contributed by atoms with Crippen molar-refractivity contribution in [2.24, 2.45) is 0 Å². The summed E-state index contributed by atoms with van der Waals surface area (Å²) in [5.74, 6) is -0.381. The van der Waals surface area contributed by atoms with Crippen LogP contribution in [0.25, 0.3) is 0 Å². The van der Waals surface area contributed by atoms with Crippen LogP contribution in [0.4, 0.5) is 0 Å². The van der Waals surface area contributed by atoms with Gasteiger partial charge in [0.15, 0.2) is 12.1 Å². The van der Waals surface area contributed by atoms with E-state index < -0.39 is 13.7 Å². The van der Waals surface area contributed by atoms with Crippen molar-refractivity contribution in [3.05, 3.63) is 30.3 Å². The van der Waals surface area contributed by atoms with Crippen LogP contribution in [0, 0.1) is 0 Å². The standard InChI is InChI=1S/C15H21O3P/c1-11-16-14(3)10-15(4,17-11)19(12(2)18-14)13-8-6-5-7-9-13/h5-9,11-12H,10H2,1-4H3. The molecule has 2 bridgehead atoms. The molecule has 2 fully saturated rings. The number of hydrogen-bond acceptors (Lipinski definition) is 3. The maximum Gasteiger partial charge on any atom is 0.172 e. The summed E-state index contributed by atoms with van der Waals surface area (Å²) in [6, 6.07) is 10.6. The summed E-state index contributed by atoms with van der Waals surface area (Å²) in [5.41, 5.74) is 0. The summed E-state index contributed by atoms with van der Waals surface area (Å²) in [7, 11) is -0.532. The lowest BCUT2D eigenvalue weighted by Crippen LogP contribution is -2.58. The summed E-state index contributed by atoms with van der Waals surface area (Å²) in [6.07, 6.45) is 0.569. The van der Waals surface area contributed by atoms with Gasteiger partial charge in [0, 0.05) is 6.42 Å². The molecule has 3 rings (SSSR count). The molecule has 0 aliphatic carbocycles. The summed E-state index contributed by atoms with van der Waals surface area (Å²) in [4.78, 5) is 0. The van der Waals surface area contributed by atoms with Gasteiger partial charge in [-0.2, -0.15) is 0 Å². The fraction of sp³-hybridized carbons (Fsp3) is 0.600. The zero-order valence-electron chi connectivity index (χ0n) is 11.9. The molecule has 19 heavy (non-hydrogen) atoms. The van der Waals surface area contributed by atoms with Crippen LogP contribution in [0.3, 0.4) is 0 Å². The van der Waals surface area contributed by atoms with Crippen molar-refractivity contribution in [1.82, 2.24) is 0 Å². The van der Waals surface area contributed by atoms with Gasteiger partial charge in [0.1, 0.15) is 0 Å². The highest BCUT2D eigenvalue weighted by Crippen LogP contribution is 2.63. The van der Waals surface area contributed by atoms with Crippen LogP contribution in [0.2, 0.25) is 0 Å². The third-order valence-corrected chi connectivity index (χ3v) is 6.78. The van der Waals surface area contributed by atoms with Crippen molar-refractivity contribution < 1.29 is 14.2 Å². The topological polar surface area (TPSA) is 27.7 Å². The first kappa shape index (κ1) is 13.5. The van der Waals surface area contributed by atoms with Crippen LogP contribution in [0.15, 0.2) is 30.3 Å². The van der Waals surface area contributed by atoms with Crippen molar-refractivity contribution in [2.45, 2.75) is 57.4 Å². The molecule has 0 amide bonds. The van der Waals surface area contributed by atoms with Crippen molar-refractivity contribution in [3.63, 3.8) is 0 Å². The van der Waals surface area contributed by atoms with E-state index in [0.717, 1.165) is 6.42 Å². The fourth-order valence-corrected chi connectivity index (χ4v) is 6.77. The Bertz CT molecular complexity index is 466. The van der Waals surface area contributed by atoms with Crippen LogP contribution in [-0.4, -0.2) is 23.3 Å². The van der Waals surface area contributed by atoms with Crippen molar-refractivity contribution in [3.8, 4) is 0 Å². The van der Waals surface area contributed by atoms with E-state index in [4.69, 9.17) is 14.2 Å². The average molecular weight is 280 g/mol. The molecule has 4 heteroatoms. The minimum Gasteiger partial charge on any atom is -0.342 e. The maximum atomic E-state index is 6.17. The zero-order valence-corrected chi connectivity index (χ0v) is 12.8. The Labute approximate surface area is 116 Å². The van der Waals surface area contributed by atoms with E-state index in [1.54, 1.807) is 0 Å². The predicted molar refractivity (Wildman–Crippen MR) is 76.6 cm³/mol. The van der Waals surface area contributed by atoms with Gasteiger partial charge >= 0.3 is 0 Å². The first-order chi connectivity index (χ1) is 8.92. The molecule has 1 aromatic rings. The van der Waals surface area contributed by atoms with Gasteiger partial charge < -0.3 is 14.2 Å². The Morgan fingerprint density at radius 3 is 2.42 bits per heavy atom. The summed E-state index contributed by atoms with van der Waals surface area (Å²) in [6.45, 7) is 8.32. The molecule has 2 saturated heterocycles. The largest absolute Gasteiger partial charge is 0.342 e. The summed E-state index contributed by atoms with van der Waals surface area (Å²) < 4.78 is 18.2. The van der Waals surface area contributed by atoms with Gasteiger partial charge in [-0.1, -0.05) is 30.3 Å². The molecule has 2 heterocycles. The highest BCUT2D eigenvalue weighted by atomic mass is 31.1. The molecule has 3 nitrogen and oxygen atoms in total. The number of hydrogen-bond donors (Lipinski definition) is 0. The Balaban J connectivity index is 2.00. The third kappa shape index (κ3) is 2.34. The van der Waals surface area contributed by atoms with Crippen LogP contribution in [0.5, 0.6) is 0 Å². The van der Waals surface area contributed by atoms with Crippen LogP contribution in [0.1, 0.15) is 34.1 Å². The second-order valence-electron chi connectivity index (χ2n) is 5.71. The second-order valence-corrected chi connectivity index (χ2v) is 8.64. The zero-order chi connectivity index (χ0) is 13.7. The van der Waals surface area contributed by atoms with Gasteiger partial charge in [0.25, 0.3) is 0 Å². The minimum absolute atomic E-state index is 0.133. The monoisotopic (exact) mass is 280 g/mol. The molecule has 0 aromatic heterocycles. The summed E-state index contributed by atoms with van der Waals surface area (Å²) in [5, 5.41) is 1.16. The average Bonchev–Trinajstić information content (AvgIpc) is 2.25. The van der Waals surface area contributed by atoms with Crippen LogP contribution < -0.4 is 5.30 Å². The van der Waals surface area contributed by atoms with E-state index in [-0.39, 0.29) is 17.5 Å². The van der Waals surface area contributed by atoms with Gasteiger partial charge in [-0.25, -0.2) is 0 Å². The number of fused-ring (bicyclic) bond motifs is 2. The molecular weight excluding hydrogens is 259 g/mol. The van der Waals surface area contributed by atoms with Crippen LogP contribution in [-0.2, 0) is 14.2 Å². The van der Waals surface area contributed by atoms with Gasteiger partial charge in [-0.15, -0.1) is 0 Å². The molecule has 5 atom stereocenters. The van der Waals surface area contributed by atoms with E-state index >= 15 is 0 Å². The molecule has 0 spiro atoms. The quantitative estimate of drug-likeness (QED) is 0.738. The minimum atomic E-state index is -0.532. The molecule has 2 aliphatic heterocycles. The molecule has 5 unspecified atom stereocenters. The first-order valence-electron chi connectivity index (χ1n) is 6.80. The van der Waals surface area contributed by atoms with E-state index in [1.165, 1.54) is 5.30 Å². The highest BCUT2D eigenvalue weighted by molar-refractivity contribution is 7.67. The highest BCUT2D eigenvalue weighted by Gasteiger charge is 2.56. The Morgan fingerprint density at radius 2 is 1.74 bits per heavy atom. The second kappa shape index (κ2) is 4.53. The van der Waals surface area contributed by atoms with Gasteiger partial charge in [0.2, 0.25) is 0 Å². The fourth-order valence-electron chi connectivity index (χ4n) is 3.49. The van der Waals surface area contributed by atoms with E-state index in [0.29, 0.717) is 0 Å². The number of rotatable bonds is 1. The van der Waals surface area contributed by atoms with Crippen molar-refractivity contribution in [2.75, 3.05) is 0 Å². The lowest BCUT2D eigenvalue weighted by Gasteiger charge is -2.56. The van der Waals surface area contributed by atoms with Gasteiger partial charge in [-0.3, -0.25) is 0 Å². The van der Waals surface area contributed by atoms with E-state index in [9.17, 15) is 0 Å². The maximum absolute atomic E-state index is 6.17. The molecule has 0 N–H and O–H groups in total. The molecule has 104 valence electrons. The Hall–Kier alpha value is -0.470. The van der Waals surface area contributed by atoms with E-state index in [1.807, 2.05) is 19.9 Å². The number of benzene rings is 1. The molecule has 1 aromatic carbocycles. The predicted octanol–water partition coefficient (Wildman–Crippen LogP) is 3.39. The van der Waals surface area contributed by atoms with Crippen molar-refractivity contribution in [1.29, 1.82) is 0 Å². The Morgan fingerprint density at radius 1 is 1.05 bits per heavy atom. The van der Waals surface area contributed by atoms with Gasteiger partial charge in [0.05, 0.1) is 11.2 Å². The molecule has 0 radical (unpaired) electrons. The lowest BCUT2D eigenvalue weighted by molar-refractivity contribution is -0.369. The Kier molecular flexibility index (Phi) is 3.22. The van der Waals surface area contributed by atoms with E-state index in [2.05, 4.69) is 38.1 Å². The van der Waals surface area contributed by atoms with Crippen molar-refractivity contribution >= 4 is 13.2 Å². The number of ether oxygens (including phenoxy) is 3. The third-order valence-electron chi connectivity index (χ3n) is 3.81. The molecule has 0 saturated carbocycles. The first-order valence-corrected chi connectivity index (χ1v) is 8.21. The smallest absolute Gasteiger partial charge is 0.172 e. The lowest BCUT2D eigenvalue weighted by atomic mass is 10.1.